The van der Waals surface area contributed by atoms with E-state index in [4.69, 9.17) is 21.1 Å². The zero-order valence-corrected chi connectivity index (χ0v) is 17.2. The van der Waals surface area contributed by atoms with Gasteiger partial charge in [-0.3, -0.25) is 9.69 Å². The zero-order valence-electron chi connectivity index (χ0n) is 16.5. The van der Waals surface area contributed by atoms with Gasteiger partial charge in [0.2, 0.25) is 0 Å². The Balaban J connectivity index is 1.23. The van der Waals surface area contributed by atoms with Gasteiger partial charge in [-0.2, -0.15) is 0 Å². The van der Waals surface area contributed by atoms with Crippen molar-refractivity contribution < 1.29 is 19.1 Å². The van der Waals surface area contributed by atoms with E-state index >= 15 is 0 Å². The Labute approximate surface area is 180 Å². The van der Waals surface area contributed by atoms with Gasteiger partial charge in [-0.1, -0.05) is 41.9 Å². The topological polar surface area (TPSA) is 67.9 Å². The number of rotatable bonds is 6. The van der Waals surface area contributed by atoms with Gasteiger partial charge in [0.1, 0.15) is 12.4 Å². The van der Waals surface area contributed by atoms with Crippen LogP contribution in [0.1, 0.15) is 17.5 Å². The maximum Gasteiger partial charge on any atom is 0.338 e. The minimum atomic E-state index is -0.562. The van der Waals surface area contributed by atoms with E-state index in [9.17, 15) is 9.59 Å². The molecule has 0 radical (unpaired) electrons. The lowest BCUT2D eigenvalue weighted by Gasteiger charge is -2.18. The summed E-state index contributed by atoms with van der Waals surface area (Å²) in [7, 11) is 0. The predicted molar refractivity (Wildman–Crippen MR) is 114 cm³/mol. The number of carbonyl (C=O) groups is 2. The number of hydrogen-bond acceptors (Lipinski definition) is 5. The van der Waals surface area contributed by atoms with Crippen LogP contribution in [0.2, 0.25) is 5.02 Å². The van der Waals surface area contributed by atoms with Crippen molar-refractivity contribution in [3.05, 3.63) is 70.3 Å². The van der Waals surface area contributed by atoms with Gasteiger partial charge in [0, 0.05) is 36.3 Å². The Hall–Kier alpha value is -2.83. The number of amides is 1. The number of carbonyl (C=O) groups excluding carboxylic acids is 2. The first-order valence-electron chi connectivity index (χ1n) is 9.92. The molecular weight excluding hydrogens is 404 g/mol. The van der Waals surface area contributed by atoms with Gasteiger partial charge in [-0.15, -0.1) is 0 Å². The lowest BCUT2D eigenvalue weighted by Crippen LogP contribution is -2.39. The lowest BCUT2D eigenvalue weighted by molar-refractivity contribution is -0.145. The molecule has 1 fully saturated rings. The van der Waals surface area contributed by atoms with Gasteiger partial charge in [0.05, 0.1) is 5.57 Å². The monoisotopic (exact) mass is 426 g/mol. The first kappa shape index (κ1) is 20.4. The van der Waals surface area contributed by atoms with Crippen molar-refractivity contribution in [3.63, 3.8) is 0 Å². The van der Waals surface area contributed by atoms with Gasteiger partial charge in [-0.05, 0) is 36.3 Å². The fourth-order valence-electron chi connectivity index (χ4n) is 3.70. The molecule has 2 heterocycles. The number of benzene rings is 2. The summed E-state index contributed by atoms with van der Waals surface area (Å²) in [4.78, 5) is 26.8. The normalized spacial score (nSPS) is 18.2. The molecule has 6 nitrogen and oxygen atoms in total. The highest BCUT2D eigenvalue weighted by Gasteiger charge is 2.25. The average molecular weight is 427 g/mol. The van der Waals surface area contributed by atoms with Crippen LogP contribution in [-0.2, 0) is 20.9 Å². The number of hydrogen-bond donors (Lipinski definition) is 1. The third-order valence-electron chi connectivity index (χ3n) is 5.17. The molecule has 2 aliphatic heterocycles. The highest BCUT2D eigenvalue weighted by molar-refractivity contribution is 6.30. The Morgan fingerprint density at radius 3 is 2.87 bits per heavy atom. The maximum atomic E-state index is 12.3. The Morgan fingerprint density at radius 2 is 2.03 bits per heavy atom. The van der Waals surface area contributed by atoms with Crippen LogP contribution in [0.4, 0.5) is 0 Å². The number of esters is 1. The van der Waals surface area contributed by atoms with Crippen molar-refractivity contribution in [2.45, 2.75) is 19.0 Å². The molecule has 4 rings (SSSR count). The molecule has 2 aromatic carbocycles. The standard InChI is InChI=1S/C23H23ClN2O4/c24-19-6-7-21-17(11-19)10-18(14-29-21)23(28)30-15-22(27)25-20-8-9-26(13-20)12-16-4-2-1-3-5-16/h1-7,10-11,20H,8-9,12-15H2,(H,25,27). The molecule has 156 valence electrons. The summed E-state index contributed by atoms with van der Waals surface area (Å²) >= 11 is 5.99. The molecule has 2 aliphatic rings. The van der Waals surface area contributed by atoms with Crippen LogP contribution in [0.15, 0.2) is 54.1 Å². The van der Waals surface area contributed by atoms with Crippen molar-refractivity contribution >= 4 is 29.6 Å². The molecule has 0 aliphatic carbocycles. The molecule has 1 atom stereocenters. The second-order valence-corrected chi connectivity index (χ2v) is 7.93. The van der Waals surface area contributed by atoms with E-state index < -0.39 is 5.97 Å². The quantitative estimate of drug-likeness (QED) is 0.719. The van der Waals surface area contributed by atoms with E-state index in [0.717, 1.165) is 31.6 Å². The Morgan fingerprint density at radius 1 is 1.20 bits per heavy atom. The highest BCUT2D eigenvalue weighted by atomic mass is 35.5. The molecule has 0 bridgehead atoms. The summed E-state index contributed by atoms with van der Waals surface area (Å²) in [5.74, 6) is -0.196. The molecule has 0 saturated carbocycles. The molecule has 1 unspecified atom stereocenters. The zero-order chi connectivity index (χ0) is 20.9. The second kappa shape index (κ2) is 9.32. The number of fused-ring (bicyclic) bond motifs is 1. The molecular formula is C23H23ClN2O4. The molecule has 1 saturated heterocycles. The average Bonchev–Trinajstić information content (AvgIpc) is 3.18. The van der Waals surface area contributed by atoms with Crippen LogP contribution in [-0.4, -0.2) is 49.1 Å². The van der Waals surface area contributed by atoms with Gasteiger partial charge < -0.3 is 14.8 Å². The molecule has 1 amide bonds. The number of nitrogens with one attached hydrogen (secondary N) is 1. The van der Waals surface area contributed by atoms with E-state index in [1.807, 2.05) is 18.2 Å². The minimum absolute atomic E-state index is 0.0613. The van der Waals surface area contributed by atoms with Crippen LogP contribution < -0.4 is 10.1 Å². The predicted octanol–water partition coefficient (Wildman–Crippen LogP) is 3.05. The molecule has 1 N–H and O–H groups in total. The van der Waals surface area contributed by atoms with Crippen molar-refractivity contribution in [1.82, 2.24) is 10.2 Å². The summed E-state index contributed by atoms with van der Waals surface area (Å²) in [5.41, 5.74) is 2.33. The third kappa shape index (κ3) is 5.20. The summed E-state index contributed by atoms with van der Waals surface area (Å²) in [6, 6.07) is 15.5. The Bertz CT molecular complexity index is 961. The van der Waals surface area contributed by atoms with Crippen molar-refractivity contribution in [2.75, 3.05) is 26.3 Å². The van der Waals surface area contributed by atoms with Gasteiger partial charge in [0.25, 0.3) is 5.91 Å². The smallest absolute Gasteiger partial charge is 0.338 e. The van der Waals surface area contributed by atoms with Crippen LogP contribution in [0.3, 0.4) is 0 Å². The van der Waals surface area contributed by atoms with E-state index in [1.165, 1.54) is 5.56 Å². The summed E-state index contributed by atoms with van der Waals surface area (Å²) in [5, 5.41) is 3.51. The number of halogens is 1. The lowest BCUT2D eigenvalue weighted by atomic mass is 10.1. The number of ether oxygens (including phenoxy) is 2. The first-order chi connectivity index (χ1) is 14.6. The van der Waals surface area contributed by atoms with E-state index in [2.05, 4.69) is 22.3 Å². The van der Waals surface area contributed by atoms with Crippen LogP contribution in [0.5, 0.6) is 5.75 Å². The fourth-order valence-corrected chi connectivity index (χ4v) is 3.88. The van der Waals surface area contributed by atoms with Crippen LogP contribution >= 0.6 is 11.6 Å². The number of nitrogens with zero attached hydrogens (tertiary/aromatic N) is 1. The van der Waals surface area contributed by atoms with Crippen molar-refractivity contribution in [1.29, 1.82) is 0 Å². The fraction of sp³-hybridized carbons (Fsp3) is 0.304. The molecule has 0 aromatic heterocycles. The summed E-state index contributed by atoms with van der Waals surface area (Å²) < 4.78 is 10.7. The largest absolute Gasteiger partial charge is 0.488 e. The summed E-state index contributed by atoms with van der Waals surface area (Å²) in [6.45, 7) is 2.36. The minimum Gasteiger partial charge on any atom is -0.488 e. The second-order valence-electron chi connectivity index (χ2n) is 7.49. The van der Waals surface area contributed by atoms with Gasteiger partial charge in [0.15, 0.2) is 6.61 Å². The molecule has 2 aromatic rings. The highest BCUT2D eigenvalue weighted by Crippen LogP contribution is 2.29. The summed E-state index contributed by atoms with van der Waals surface area (Å²) in [6.07, 6.45) is 2.56. The molecule has 0 spiro atoms. The molecule has 7 heteroatoms. The van der Waals surface area contributed by atoms with Crippen LogP contribution in [0.25, 0.3) is 6.08 Å². The maximum absolute atomic E-state index is 12.3. The number of likely N-dealkylation sites (tertiary alicyclic amines) is 1. The van der Waals surface area contributed by atoms with E-state index in [-0.39, 0.29) is 25.2 Å². The van der Waals surface area contributed by atoms with Crippen molar-refractivity contribution in [3.8, 4) is 5.75 Å². The van der Waals surface area contributed by atoms with Gasteiger partial charge in [-0.25, -0.2) is 4.79 Å². The van der Waals surface area contributed by atoms with Crippen molar-refractivity contribution in [2.24, 2.45) is 0 Å². The van der Waals surface area contributed by atoms with Crippen LogP contribution in [0, 0.1) is 0 Å². The Kier molecular flexibility index (Phi) is 6.35. The van der Waals surface area contributed by atoms with E-state index in [1.54, 1.807) is 24.3 Å². The SMILES string of the molecule is O=C(COC(=O)C1=Cc2cc(Cl)ccc2OC1)NC1CCN(Cc2ccccc2)C1. The third-order valence-corrected chi connectivity index (χ3v) is 5.40. The molecule has 30 heavy (non-hydrogen) atoms. The van der Waals surface area contributed by atoms with E-state index in [0.29, 0.717) is 16.3 Å². The van der Waals surface area contributed by atoms with Gasteiger partial charge >= 0.3 is 5.97 Å². The first-order valence-corrected chi connectivity index (χ1v) is 10.3.